The molecule has 1 aromatic rings. The normalized spacial score (nSPS) is 16.3. The van der Waals surface area contributed by atoms with Crippen LogP contribution < -0.4 is 10.1 Å². The zero-order valence-electron chi connectivity index (χ0n) is 16.2. The average molecular weight is 390 g/mol. The smallest absolute Gasteiger partial charge is 0.308 e. The number of benzene rings is 1. The summed E-state index contributed by atoms with van der Waals surface area (Å²) in [5.74, 6) is -0.629. The van der Waals surface area contributed by atoms with E-state index in [1.807, 2.05) is 6.92 Å². The summed E-state index contributed by atoms with van der Waals surface area (Å²) in [7, 11) is 1.50. The largest absolute Gasteiger partial charge is 0.489 e. The zero-order chi connectivity index (χ0) is 20.5. The van der Waals surface area contributed by atoms with E-state index in [1.165, 1.54) is 12.0 Å². The number of ether oxygens (including phenoxy) is 3. The Labute approximate surface area is 164 Å². The molecule has 1 aromatic carbocycles. The predicted molar refractivity (Wildman–Crippen MR) is 102 cm³/mol. The van der Waals surface area contributed by atoms with Crippen molar-refractivity contribution in [3.63, 3.8) is 0 Å². The molecule has 0 spiro atoms. The molecule has 1 aliphatic heterocycles. The lowest BCUT2D eigenvalue weighted by Crippen LogP contribution is -2.57. The molecular weight excluding hydrogens is 364 g/mol. The molecular formula is C20H26N2O6. The minimum Gasteiger partial charge on any atom is -0.489 e. The van der Waals surface area contributed by atoms with Crippen molar-refractivity contribution < 1.29 is 28.6 Å². The Morgan fingerprint density at radius 2 is 1.96 bits per heavy atom. The Hall–Kier alpha value is -2.87. The van der Waals surface area contributed by atoms with Gasteiger partial charge in [0.25, 0.3) is 5.91 Å². The van der Waals surface area contributed by atoms with Gasteiger partial charge in [-0.1, -0.05) is 6.58 Å². The summed E-state index contributed by atoms with van der Waals surface area (Å²) in [6.45, 7) is 7.04. The third-order valence-electron chi connectivity index (χ3n) is 4.09. The second kappa shape index (κ2) is 10.5. The number of hydrogen-bond donors (Lipinski definition) is 1. The first-order chi connectivity index (χ1) is 13.4. The quantitative estimate of drug-likeness (QED) is 0.386. The van der Waals surface area contributed by atoms with Crippen molar-refractivity contribution >= 4 is 17.8 Å². The van der Waals surface area contributed by atoms with Gasteiger partial charge in [0.1, 0.15) is 25.0 Å². The van der Waals surface area contributed by atoms with E-state index in [1.54, 1.807) is 24.3 Å². The van der Waals surface area contributed by atoms with E-state index in [0.717, 1.165) is 5.57 Å². The molecule has 1 fully saturated rings. The first-order valence-corrected chi connectivity index (χ1v) is 9.03. The minimum absolute atomic E-state index is 0.100. The molecule has 28 heavy (non-hydrogen) atoms. The third kappa shape index (κ3) is 6.09. The number of carbonyl (C=O) groups is 3. The van der Waals surface area contributed by atoms with Gasteiger partial charge >= 0.3 is 5.97 Å². The molecule has 2 rings (SSSR count). The molecule has 0 aliphatic carbocycles. The van der Waals surface area contributed by atoms with Crippen LogP contribution in [0.4, 0.5) is 0 Å². The molecule has 1 unspecified atom stereocenters. The molecule has 0 bridgehead atoms. The van der Waals surface area contributed by atoms with Gasteiger partial charge in [-0.3, -0.25) is 14.4 Å². The third-order valence-corrected chi connectivity index (χ3v) is 4.09. The maximum Gasteiger partial charge on any atom is 0.308 e. The zero-order valence-corrected chi connectivity index (χ0v) is 16.2. The van der Waals surface area contributed by atoms with Crippen molar-refractivity contribution in [2.24, 2.45) is 0 Å². The molecule has 8 heteroatoms. The van der Waals surface area contributed by atoms with E-state index in [4.69, 9.17) is 14.2 Å². The molecule has 0 radical (unpaired) electrons. The highest BCUT2D eigenvalue weighted by molar-refractivity contribution is 5.99. The van der Waals surface area contributed by atoms with Crippen LogP contribution in [0.15, 0.2) is 36.4 Å². The number of carbonyl (C=O) groups excluding carboxylic acids is 3. The number of hydrogen-bond acceptors (Lipinski definition) is 6. The highest BCUT2D eigenvalue weighted by Gasteiger charge is 2.35. The van der Waals surface area contributed by atoms with Gasteiger partial charge in [0.05, 0.1) is 13.0 Å². The summed E-state index contributed by atoms with van der Waals surface area (Å²) in [6, 6.07) is 5.74. The fourth-order valence-electron chi connectivity index (χ4n) is 2.68. The van der Waals surface area contributed by atoms with E-state index in [0.29, 0.717) is 31.0 Å². The minimum atomic E-state index is -0.907. The van der Waals surface area contributed by atoms with E-state index in [-0.39, 0.29) is 31.4 Å². The van der Waals surface area contributed by atoms with Gasteiger partial charge in [-0.15, -0.1) is 0 Å². The highest BCUT2D eigenvalue weighted by Crippen LogP contribution is 2.18. The summed E-state index contributed by atoms with van der Waals surface area (Å²) in [6.07, 6.45) is -0.207. The van der Waals surface area contributed by atoms with E-state index >= 15 is 0 Å². The van der Waals surface area contributed by atoms with E-state index in [9.17, 15) is 14.4 Å². The highest BCUT2D eigenvalue weighted by atomic mass is 16.6. The van der Waals surface area contributed by atoms with Gasteiger partial charge in [-0.25, -0.2) is 0 Å². The maximum atomic E-state index is 12.9. The van der Waals surface area contributed by atoms with Crippen molar-refractivity contribution in [3.05, 3.63) is 42.0 Å². The van der Waals surface area contributed by atoms with Crippen molar-refractivity contribution in [1.29, 1.82) is 0 Å². The van der Waals surface area contributed by atoms with Gasteiger partial charge in [-0.2, -0.15) is 0 Å². The molecule has 1 heterocycles. The molecule has 0 saturated carbocycles. The Bertz CT molecular complexity index is 716. The number of nitrogens with one attached hydrogen (secondary N) is 1. The predicted octanol–water partition coefficient (Wildman–Crippen LogP) is 1.16. The average Bonchev–Trinajstić information content (AvgIpc) is 2.68. The van der Waals surface area contributed by atoms with E-state index < -0.39 is 12.0 Å². The van der Waals surface area contributed by atoms with Crippen LogP contribution in [0.25, 0.3) is 0 Å². The monoisotopic (exact) mass is 390 g/mol. The van der Waals surface area contributed by atoms with Crippen LogP contribution in [0.2, 0.25) is 0 Å². The fraction of sp³-hybridized carbons (Fsp3) is 0.450. The number of esters is 1. The summed E-state index contributed by atoms with van der Waals surface area (Å²) in [4.78, 5) is 38.5. The Kier molecular flexibility index (Phi) is 8.01. The first-order valence-electron chi connectivity index (χ1n) is 9.03. The molecule has 1 saturated heterocycles. The molecule has 2 amide bonds. The van der Waals surface area contributed by atoms with Gasteiger partial charge in [-0.05, 0) is 36.8 Å². The fourth-order valence-corrected chi connectivity index (χ4v) is 2.68. The summed E-state index contributed by atoms with van der Waals surface area (Å²) in [5.41, 5.74) is 1.30. The molecule has 1 aliphatic rings. The Balaban J connectivity index is 2.04. The second-order valence-corrected chi connectivity index (χ2v) is 6.49. The SMILES string of the molecule is C=C(C)COc1ccc(C(=O)N2CCNC(=O)C2CC(=O)OCCOC)cc1. The molecule has 1 atom stereocenters. The van der Waals surface area contributed by atoms with Gasteiger partial charge in [0.15, 0.2) is 0 Å². The summed E-state index contributed by atoms with van der Waals surface area (Å²) < 4.78 is 15.4. The number of nitrogens with zero attached hydrogens (tertiary/aromatic N) is 1. The second-order valence-electron chi connectivity index (χ2n) is 6.49. The topological polar surface area (TPSA) is 94.2 Å². The van der Waals surface area contributed by atoms with Crippen LogP contribution in [0, 0.1) is 0 Å². The first kappa shape index (κ1) is 21.4. The maximum absolute atomic E-state index is 12.9. The van der Waals surface area contributed by atoms with Crippen LogP contribution in [-0.4, -0.2) is 68.7 Å². The van der Waals surface area contributed by atoms with Crippen LogP contribution in [0.5, 0.6) is 5.75 Å². The Morgan fingerprint density at radius 3 is 2.61 bits per heavy atom. The molecule has 1 N–H and O–H groups in total. The van der Waals surface area contributed by atoms with Gasteiger partial charge < -0.3 is 24.4 Å². The lowest BCUT2D eigenvalue weighted by molar-refractivity contribution is -0.148. The molecule has 8 nitrogen and oxygen atoms in total. The van der Waals surface area contributed by atoms with Crippen LogP contribution >= 0.6 is 0 Å². The van der Waals surface area contributed by atoms with Crippen LogP contribution in [-0.2, 0) is 19.1 Å². The van der Waals surface area contributed by atoms with Crippen LogP contribution in [0.3, 0.4) is 0 Å². The lowest BCUT2D eigenvalue weighted by atomic mass is 10.1. The molecule has 152 valence electrons. The van der Waals surface area contributed by atoms with Crippen molar-refractivity contribution in [2.75, 3.05) is 40.0 Å². The van der Waals surface area contributed by atoms with E-state index in [2.05, 4.69) is 11.9 Å². The van der Waals surface area contributed by atoms with Crippen molar-refractivity contribution in [2.45, 2.75) is 19.4 Å². The summed E-state index contributed by atoms with van der Waals surface area (Å²) in [5, 5.41) is 2.68. The lowest BCUT2D eigenvalue weighted by Gasteiger charge is -2.34. The molecule has 0 aromatic heterocycles. The Morgan fingerprint density at radius 1 is 1.25 bits per heavy atom. The van der Waals surface area contributed by atoms with Crippen LogP contribution in [0.1, 0.15) is 23.7 Å². The number of rotatable bonds is 9. The van der Waals surface area contributed by atoms with Crippen molar-refractivity contribution in [1.82, 2.24) is 10.2 Å². The number of methoxy groups -OCH3 is 1. The standard InChI is InChI=1S/C20H26N2O6/c1-14(2)13-28-16-6-4-15(5-7-16)20(25)22-9-8-21-19(24)17(22)12-18(23)27-11-10-26-3/h4-7,17H,1,8-13H2,2-3H3,(H,21,24). The number of amides is 2. The van der Waals surface area contributed by atoms with Crippen molar-refractivity contribution in [3.8, 4) is 5.75 Å². The van der Waals surface area contributed by atoms with Gasteiger partial charge in [0, 0.05) is 25.8 Å². The number of piperazine rings is 1. The van der Waals surface area contributed by atoms with Gasteiger partial charge in [0.2, 0.25) is 5.91 Å². The summed E-state index contributed by atoms with van der Waals surface area (Å²) >= 11 is 0.